The van der Waals surface area contributed by atoms with Crippen LogP contribution in [0.2, 0.25) is 0 Å². The Bertz CT molecular complexity index is 564. The van der Waals surface area contributed by atoms with Crippen molar-refractivity contribution in [3.8, 4) is 0 Å². The van der Waals surface area contributed by atoms with Crippen LogP contribution in [0, 0.1) is 5.92 Å². The highest BCUT2D eigenvalue weighted by molar-refractivity contribution is 14.0. The van der Waals surface area contributed by atoms with Crippen LogP contribution in [0.3, 0.4) is 0 Å². The second kappa shape index (κ2) is 10.9. The van der Waals surface area contributed by atoms with Crippen molar-refractivity contribution in [2.45, 2.75) is 46.1 Å². The Balaban J connectivity index is 0.00000312. The molecule has 0 fully saturated rings. The van der Waals surface area contributed by atoms with E-state index in [0.717, 1.165) is 23.9 Å². The van der Waals surface area contributed by atoms with Crippen LogP contribution in [0.5, 0.6) is 0 Å². The molecule has 0 atom stereocenters. The van der Waals surface area contributed by atoms with Crippen molar-refractivity contribution in [1.82, 2.24) is 20.5 Å². The molecule has 0 spiro atoms. The van der Waals surface area contributed by atoms with E-state index < -0.39 is 0 Å². The fourth-order valence-electron chi connectivity index (χ4n) is 2.70. The number of hydrogen-bond donors (Lipinski definition) is 2. The normalized spacial score (nSPS) is 13.9. The minimum atomic E-state index is 0. The molecule has 0 unspecified atom stereocenters. The fourth-order valence-corrected chi connectivity index (χ4v) is 3.91. The molecule has 1 aliphatic carbocycles. The van der Waals surface area contributed by atoms with Gasteiger partial charge in [0, 0.05) is 38.0 Å². The molecule has 1 aromatic rings. The van der Waals surface area contributed by atoms with Crippen molar-refractivity contribution in [2.24, 2.45) is 10.9 Å². The largest absolute Gasteiger partial charge is 0.354 e. The zero-order chi connectivity index (χ0) is 17.5. The molecule has 1 amide bonds. The minimum absolute atomic E-state index is 0. The van der Waals surface area contributed by atoms with Gasteiger partial charge < -0.3 is 15.5 Å². The summed E-state index contributed by atoms with van der Waals surface area (Å²) >= 11 is 1.83. The molecule has 0 saturated carbocycles. The number of thiazole rings is 1. The summed E-state index contributed by atoms with van der Waals surface area (Å²) in [6.07, 6.45) is 4.85. The summed E-state index contributed by atoms with van der Waals surface area (Å²) in [4.78, 5) is 24.2. The van der Waals surface area contributed by atoms with Gasteiger partial charge in [-0.2, -0.15) is 0 Å². The number of aryl methyl sites for hydroxylation is 2. The first-order chi connectivity index (χ1) is 11.5. The van der Waals surface area contributed by atoms with E-state index in [4.69, 9.17) is 4.98 Å². The van der Waals surface area contributed by atoms with Crippen LogP contribution >= 0.6 is 35.3 Å². The third-order valence-electron chi connectivity index (χ3n) is 4.07. The number of amides is 1. The summed E-state index contributed by atoms with van der Waals surface area (Å²) in [5.74, 6) is 0.915. The number of hydrogen-bond acceptors (Lipinski definition) is 4. The van der Waals surface area contributed by atoms with E-state index in [9.17, 15) is 4.79 Å². The number of aliphatic imine (C=N–C) groups is 1. The lowest BCUT2D eigenvalue weighted by Crippen LogP contribution is -2.42. The van der Waals surface area contributed by atoms with Crippen LogP contribution in [0.25, 0.3) is 0 Å². The molecule has 6 nitrogen and oxygen atoms in total. The second-order valence-corrected chi connectivity index (χ2v) is 7.63. The van der Waals surface area contributed by atoms with Gasteiger partial charge in [-0.1, -0.05) is 13.8 Å². The average molecular weight is 479 g/mol. The van der Waals surface area contributed by atoms with Crippen molar-refractivity contribution >= 4 is 47.2 Å². The van der Waals surface area contributed by atoms with Crippen LogP contribution in [0.1, 0.15) is 42.3 Å². The van der Waals surface area contributed by atoms with Gasteiger partial charge >= 0.3 is 0 Å². The lowest BCUT2D eigenvalue weighted by atomic mass is 10.0. The molecule has 0 saturated heterocycles. The number of aromatic nitrogens is 1. The summed E-state index contributed by atoms with van der Waals surface area (Å²) in [5, 5.41) is 7.33. The molecule has 1 aliphatic rings. The lowest BCUT2D eigenvalue weighted by Gasteiger charge is -2.21. The molecule has 2 rings (SSSR count). The highest BCUT2D eigenvalue weighted by atomic mass is 127. The van der Waals surface area contributed by atoms with Crippen molar-refractivity contribution in [3.05, 3.63) is 15.6 Å². The number of nitrogens with zero attached hydrogens (tertiary/aromatic N) is 3. The molecule has 1 aromatic heterocycles. The second-order valence-electron chi connectivity index (χ2n) is 6.46. The van der Waals surface area contributed by atoms with Gasteiger partial charge in [0.05, 0.1) is 12.2 Å². The van der Waals surface area contributed by atoms with Gasteiger partial charge in [0.1, 0.15) is 5.01 Å². The molecule has 8 heteroatoms. The first-order valence-electron chi connectivity index (χ1n) is 8.68. The molecule has 0 radical (unpaired) electrons. The van der Waals surface area contributed by atoms with Crippen LogP contribution in [0.4, 0.5) is 0 Å². The lowest BCUT2D eigenvalue weighted by molar-refractivity contribution is -0.123. The van der Waals surface area contributed by atoms with E-state index in [-0.39, 0.29) is 35.8 Å². The Morgan fingerprint density at radius 3 is 2.60 bits per heavy atom. The van der Waals surface area contributed by atoms with Crippen molar-refractivity contribution < 1.29 is 4.79 Å². The number of guanidine groups is 1. The van der Waals surface area contributed by atoms with Gasteiger partial charge in [-0.25, -0.2) is 4.98 Å². The Morgan fingerprint density at radius 1 is 1.28 bits per heavy atom. The van der Waals surface area contributed by atoms with E-state index in [1.54, 1.807) is 7.05 Å². The first kappa shape index (κ1) is 22.1. The number of carbonyl (C=O) groups excluding carboxylic acids is 1. The smallest absolute Gasteiger partial charge is 0.222 e. The van der Waals surface area contributed by atoms with Crippen molar-refractivity contribution in [1.29, 1.82) is 0 Å². The van der Waals surface area contributed by atoms with Gasteiger partial charge in [-0.15, -0.1) is 35.3 Å². The number of nitrogens with one attached hydrogen (secondary N) is 2. The molecule has 142 valence electrons. The standard InChI is InChI=1S/C17H29N5OS.HI/c1-12(2)16(23)19-9-10-20-17(18-3)22(4)11-15-21-13-7-5-6-8-14(13)24-15;/h12H,5-11H2,1-4H3,(H,18,20)(H,19,23);1H. The summed E-state index contributed by atoms with van der Waals surface area (Å²) in [6.45, 7) is 5.79. The van der Waals surface area contributed by atoms with Crippen LogP contribution in [0.15, 0.2) is 4.99 Å². The molecule has 1 heterocycles. The van der Waals surface area contributed by atoms with Gasteiger partial charge in [-0.05, 0) is 25.7 Å². The van der Waals surface area contributed by atoms with Crippen LogP contribution in [-0.4, -0.2) is 48.9 Å². The zero-order valence-electron chi connectivity index (χ0n) is 15.6. The van der Waals surface area contributed by atoms with Gasteiger partial charge in [0.2, 0.25) is 5.91 Å². The van der Waals surface area contributed by atoms with E-state index >= 15 is 0 Å². The van der Waals surface area contributed by atoms with Crippen molar-refractivity contribution in [2.75, 3.05) is 27.2 Å². The Morgan fingerprint density at radius 2 is 1.96 bits per heavy atom. The Kier molecular flexibility index (Phi) is 9.70. The van der Waals surface area contributed by atoms with E-state index in [0.29, 0.717) is 13.1 Å². The highest BCUT2D eigenvalue weighted by Crippen LogP contribution is 2.27. The SMILES string of the molecule is CN=C(NCCNC(=O)C(C)C)N(C)Cc1nc2c(s1)CCCC2.I. The van der Waals surface area contributed by atoms with Crippen molar-refractivity contribution in [3.63, 3.8) is 0 Å². The predicted octanol–water partition coefficient (Wildman–Crippen LogP) is 2.42. The highest BCUT2D eigenvalue weighted by Gasteiger charge is 2.16. The Labute approximate surface area is 171 Å². The summed E-state index contributed by atoms with van der Waals surface area (Å²) in [6, 6.07) is 0. The third kappa shape index (κ3) is 6.73. The predicted molar refractivity (Wildman–Crippen MR) is 115 cm³/mol. The van der Waals surface area contributed by atoms with Gasteiger partial charge in [0.25, 0.3) is 0 Å². The van der Waals surface area contributed by atoms with Crippen LogP contribution in [-0.2, 0) is 24.2 Å². The Hall–Kier alpha value is -0.900. The maximum Gasteiger partial charge on any atom is 0.222 e. The van der Waals surface area contributed by atoms with Gasteiger partial charge in [0.15, 0.2) is 5.96 Å². The number of halogens is 1. The average Bonchev–Trinajstić information content (AvgIpc) is 2.96. The summed E-state index contributed by atoms with van der Waals surface area (Å²) in [5.41, 5.74) is 1.30. The monoisotopic (exact) mass is 479 g/mol. The van der Waals surface area contributed by atoms with Crippen LogP contribution < -0.4 is 10.6 Å². The molecular formula is C17H30IN5OS. The summed E-state index contributed by atoms with van der Waals surface area (Å²) < 4.78 is 0. The minimum Gasteiger partial charge on any atom is -0.354 e. The maximum atomic E-state index is 11.5. The first-order valence-corrected chi connectivity index (χ1v) is 9.50. The third-order valence-corrected chi connectivity index (χ3v) is 5.21. The van der Waals surface area contributed by atoms with E-state index in [2.05, 4.69) is 20.5 Å². The van der Waals surface area contributed by atoms with E-state index in [1.165, 1.54) is 29.8 Å². The number of carbonyl (C=O) groups is 1. The quantitative estimate of drug-likeness (QED) is 0.285. The molecule has 25 heavy (non-hydrogen) atoms. The summed E-state index contributed by atoms with van der Waals surface area (Å²) in [7, 11) is 3.79. The van der Waals surface area contributed by atoms with E-state index in [1.807, 2.05) is 32.2 Å². The number of rotatable bonds is 6. The van der Waals surface area contributed by atoms with Gasteiger partial charge in [-0.3, -0.25) is 9.79 Å². The molecular weight excluding hydrogens is 449 g/mol. The maximum absolute atomic E-state index is 11.5. The zero-order valence-corrected chi connectivity index (χ0v) is 18.7. The topological polar surface area (TPSA) is 69.6 Å². The molecule has 0 aliphatic heterocycles. The molecule has 0 aromatic carbocycles. The molecule has 2 N–H and O–H groups in total. The molecule has 0 bridgehead atoms. The fraction of sp³-hybridized carbons (Fsp3) is 0.706. The number of fused-ring (bicyclic) bond motifs is 1.